The van der Waals surface area contributed by atoms with Crippen molar-refractivity contribution in [1.29, 1.82) is 10.5 Å². The first-order valence-electron chi connectivity index (χ1n) is 18.6. The SMILES string of the molecule is C=C/C=C\c1c(C)c2cc(C#N)ccc2n1-c1ccc2c3ccccc3n(-c3cccc(-c4cccc(C#N)c4-n4c5ccccc5c5ccccc54)c3)c2c1. The lowest BCUT2D eigenvalue weighted by atomic mass is 9.99. The zero-order valence-corrected chi connectivity index (χ0v) is 30.6. The topological polar surface area (TPSA) is 62.4 Å². The molecule has 0 amide bonds. The van der Waals surface area contributed by atoms with Crippen LogP contribution in [0.1, 0.15) is 22.4 Å². The molecule has 0 aliphatic rings. The summed E-state index contributed by atoms with van der Waals surface area (Å²) in [4.78, 5) is 0. The highest BCUT2D eigenvalue weighted by atomic mass is 15.0. The zero-order valence-electron chi connectivity index (χ0n) is 30.6. The van der Waals surface area contributed by atoms with E-state index in [2.05, 4.69) is 167 Å². The second kappa shape index (κ2) is 12.9. The maximum Gasteiger partial charge on any atom is 0.101 e. The Morgan fingerprint density at radius 2 is 1.14 bits per heavy atom. The third-order valence-electron chi connectivity index (χ3n) is 11.1. The molecule has 3 aromatic heterocycles. The van der Waals surface area contributed by atoms with Crippen LogP contribution in [0.25, 0.3) is 88.8 Å². The van der Waals surface area contributed by atoms with Gasteiger partial charge in [0.25, 0.3) is 0 Å². The van der Waals surface area contributed by atoms with E-state index < -0.39 is 0 Å². The Kier molecular flexibility index (Phi) is 7.56. The van der Waals surface area contributed by atoms with Gasteiger partial charge >= 0.3 is 0 Å². The second-order valence-electron chi connectivity index (χ2n) is 14.1. The van der Waals surface area contributed by atoms with Crippen LogP contribution < -0.4 is 0 Å². The van der Waals surface area contributed by atoms with Crippen molar-refractivity contribution in [2.75, 3.05) is 0 Å². The van der Waals surface area contributed by atoms with Gasteiger partial charge in [0, 0.05) is 49.6 Å². The number of benzene rings is 7. The third-order valence-corrected chi connectivity index (χ3v) is 11.1. The number of aryl methyl sites for hydroxylation is 1. The van der Waals surface area contributed by atoms with Gasteiger partial charge in [-0.05, 0) is 90.9 Å². The quantitative estimate of drug-likeness (QED) is 0.161. The van der Waals surface area contributed by atoms with Crippen LogP contribution in [0.5, 0.6) is 0 Å². The first kappa shape index (κ1) is 32.8. The van der Waals surface area contributed by atoms with Gasteiger partial charge in [0.2, 0.25) is 0 Å². The van der Waals surface area contributed by atoms with Crippen LogP contribution in [-0.2, 0) is 0 Å². The molecule has 0 aliphatic carbocycles. The molecule has 7 aromatic carbocycles. The molecular formula is C51H33N5. The molecule has 0 radical (unpaired) electrons. The van der Waals surface area contributed by atoms with Crippen molar-refractivity contribution in [3.05, 3.63) is 193 Å². The first-order chi connectivity index (χ1) is 27.6. The van der Waals surface area contributed by atoms with E-state index in [0.29, 0.717) is 11.1 Å². The van der Waals surface area contributed by atoms with E-state index >= 15 is 0 Å². The number of nitrogens with zero attached hydrogens (tertiary/aromatic N) is 5. The number of nitriles is 2. The lowest BCUT2D eigenvalue weighted by Gasteiger charge is -2.17. The van der Waals surface area contributed by atoms with E-state index in [-0.39, 0.29) is 0 Å². The highest BCUT2D eigenvalue weighted by Crippen LogP contribution is 2.40. The number of rotatable bonds is 6. The van der Waals surface area contributed by atoms with E-state index in [1.54, 1.807) is 6.08 Å². The van der Waals surface area contributed by atoms with E-state index in [1.165, 1.54) is 0 Å². The van der Waals surface area contributed by atoms with Gasteiger partial charge in [-0.15, -0.1) is 0 Å². The Morgan fingerprint density at radius 3 is 1.82 bits per heavy atom. The summed E-state index contributed by atoms with van der Waals surface area (Å²) in [5.74, 6) is 0. The van der Waals surface area contributed by atoms with E-state index in [1.807, 2.05) is 36.4 Å². The van der Waals surface area contributed by atoms with Crippen molar-refractivity contribution in [2.45, 2.75) is 6.92 Å². The fourth-order valence-electron chi connectivity index (χ4n) is 8.63. The number of aromatic nitrogens is 3. The monoisotopic (exact) mass is 715 g/mol. The average molecular weight is 716 g/mol. The Morgan fingerprint density at radius 1 is 0.518 bits per heavy atom. The van der Waals surface area contributed by atoms with E-state index in [4.69, 9.17) is 0 Å². The standard InChI is InChI=1S/C51H33N5/c1-3-4-20-45-33(2)44-28-34(31-52)24-27-49(44)54(45)38-25-26-43-42-18-5-8-21-46(42)55(50(43)30-38)37-15-11-13-35(29-37)39-19-12-14-36(32-53)51(39)56-47-22-9-6-16-40(47)41-17-7-10-23-48(41)56/h3-30H,1H2,2H3/b20-4-. The molecule has 3 heterocycles. The van der Waals surface area contributed by atoms with Gasteiger partial charge in [0.1, 0.15) is 6.07 Å². The number of hydrogen-bond donors (Lipinski definition) is 0. The summed E-state index contributed by atoms with van der Waals surface area (Å²) >= 11 is 0. The van der Waals surface area contributed by atoms with Crippen LogP contribution in [0.4, 0.5) is 0 Å². The van der Waals surface area contributed by atoms with Crippen LogP contribution in [0.2, 0.25) is 0 Å². The van der Waals surface area contributed by atoms with Gasteiger partial charge in [-0.1, -0.05) is 104 Å². The second-order valence-corrected chi connectivity index (χ2v) is 14.1. The van der Waals surface area contributed by atoms with Gasteiger partial charge in [-0.3, -0.25) is 0 Å². The largest absolute Gasteiger partial charge is 0.310 e. The molecule has 0 spiro atoms. The van der Waals surface area contributed by atoms with Gasteiger partial charge in [-0.2, -0.15) is 10.5 Å². The molecule has 262 valence electrons. The summed E-state index contributed by atoms with van der Waals surface area (Å²) in [6.45, 7) is 6.03. The lowest BCUT2D eigenvalue weighted by Crippen LogP contribution is -2.01. The maximum absolute atomic E-state index is 10.6. The number of allylic oxidation sites excluding steroid dienone is 2. The molecule has 10 aromatic rings. The summed E-state index contributed by atoms with van der Waals surface area (Å²) in [6, 6.07) is 57.4. The summed E-state index contributed by atoms with van der Waals surface area (Å²) in [5.41, 5.74) is 13.6. The van der Waals surface area contributed by atoms with Crippen LogP contribution in [0.15, 0.2) is 170 Å². The number of hydrogen-bond acceptors (Lipinski definition) is 2. The Bertz CT molecular complexity index is 3320. The molecule has 5 nitrogen and oxygen atoms in total. The molecule has 0 unspecified atom stereocenters. The molecule has 0 saturated heterocycles. The Hall–Kier alpha value is -7.86. The molecule has 0 N–H and O–H groups in total. The van der Waals surface area contributed by atoms with Crippen LogP contribution >= 0.6 is 0 Å². The Labute approximate surface area is 323 Å². The molecule has 0 bridgehead atoms. The maximum atomic E-state index is 10.6. The highest BCUT2D eigenvalue weighted by molar-refractivity contribution is 6.11. The smallest absolute Gasteiger partial charge is 0.101 e. The predicted molar refractivity (Wildman–Crippen MR) is 231 cm³/mol. The average Bonchev–Trinajstić information content (AvgIpc) is 3.86. The molecular weight excluding hydrogens is 683 g/mol. The minimum absolute atomic E-state index is 0.610. The molecule has 0 atom stereocenters. The first-order valence-corrected chi connectivity index (χ1v) is 18.6. The fraction of sp³-hybridized carbons (Fsp3) is 0.0196. The molecule has 0 saturated carbocycles. The van der Waals surface area contributed by atoms with Crippen molar-refractivity contribution >= 4 is 60.6 Å². The van der Waals surface area contributed by atoms with Gasteiger partial charge < -0.3 is 13.7 Å². The van der Waals surface area contributed by atoms with Crippen molar-refractivity contribution < 1.29 is 0 Å². The molecule has 10 rings (SSSR count). The van der Waals surface area contributed by atoms with Crippen LogP contribution in [0, 0.1) is 29.6 Å². The number of fused-ring (bicyclic) bond motifs is 7. The van der Waals surface area contributed by atoms with Crippen molar-refractivity contribution in [3.8, 4) is 40.3 Å². The third kappa shape index (κ3) is 4.86. The van der Waals surface area contributed by atoms with Crippen molar-refractivity contribution in [3.63, 3.8) is 0 Å². The van der Waals surface area contributed by atoms with Crippen LogP contribution in [-0.4, -0.2) is 13.7 Å². The lowest BCUT2D eigenvalue weighted by molar-refractivity contribution is 1.09. The molecule has 0 fully saturated rings. The normalized spacial score (nSPS) is 11.6. The summed E-state index contributed by atoms with van der Waals surface area (Å²) in [7, 11) is 0. The summed E-state index contributed by atoms with van der Waals surface area (Å²) in [5, 5.41) is 25.9. The fourth-order valence-corrected chi connectivity index (χ4v) is 8.63. The van der Waals surface area contributed by atoms with E-state index in [9.17, 15) is 10.5 Å². The summed E-state index contributed by atoms with van der Waals surface area (Å²) < 4.78 is 6.87. The molecule has 5 heteroatoms. The van der Waals surface area contributed by atoms with Crippen molar-refractivity contribution in [2.24, 2.45) is 0 Å². The van der Waals surface area contributed by atoms with Gasteiger partial charge in [-0.25, -0.2) is 0 Å². The predicted octanol–water partition coefficient (Wildman–Crippen LogP) is 12.7. The minimum atomic E-state index is 0.610. The van der Waals surface area contributed by atoms with Crippen LogP contribution in [0.3, 0.4) is 0 Å². The van der Waals surface area contributed by atoms with Gasteiger partial charge in [0.15, 0.2) is 0 Å². The number of para-hydroxylation sites is 4. The summed E-state index contributed by atoms with van der Waals surface area (Å²) in [6.07, 6.45) is 5.83. The molecule has 0 aliphatic heterocycles. The highest BCUT2D eigenvalue weighted by Gasteiger charge is 2.21. The Balaban J connectivity index is 1.22. The van der Waals surface area contributed by atoms with Crippen molar-refractivity contribution in [1.82, 2.24) is 13.7 Å². The zero-order chi connectivity index (χ0) is 37.9. The minimum Gasteiger partial charge on any atom is -0.310 e. The van der Waals surface area contributed by atoms with E-state index in [0.717, 1.165) is 94.0 Å². The molecule has 56 heavy (non-hydrogen) atoms. The van der Waals surface area contributed by atoms with Gasteiger partial charge in [0.05, 0.1) is 50.5 Å².